The predicted octanol–water partition coefficient (Wildman–Crippen LogP) is 1.20. The van der Waals surface area contributed by atoms with Crippen LogP contribution in [0.25, 0.3) is 11.3 Å². The van der Waals surface area contributed by atoms with E-state index >= 15 is 0 Å². The molecule has 0 aliphatic carbocycles. The number of aromatic nitrogens is 2. The van der Waals surface area contributed by atoms with Gasteiger partial charge >= 0.3 is 10.2 Å². The highest BCUT2D eigenvalue weighted by molar-refractivity contribution is 7.87. The molecule has 0 spiro atoms. The van der Waals surface area contributed by atoms with Crippen LogP contribution in [-0.2, 0) is 10.2 Å². The maximum absolute atomic E-state index is 12.0. The molecule has 1 heterocycles. The Kier molecular flexibility index (Phi) is 2.99. The minimum absolute atomic E-state index is 0.555. The van der Waals surface area contributed by atoms with Crippen molar-refractivity contribution in [2.24, 2.45) is 0 Å². The second kappa shape index (κ2) is 4.31. The molecular formula is C11H13N3O2S. The number of hydrogen-bond acceptors (Lipinski definition) is 3. The largest absolute Gasteiger partial charge is 0.322 e. The van der Waals surface area contributed by atoms with E-state index in [2.05, 4.69) is 5.10 Å². The molecule has 0 amide bonds. The smallest absolute Gasteiger partial charge is 0.189 e. The molecule has 17 heavy (non-hydrogen) atoms. The molecule has 0 saturated heterocycles. The molecule has 6 heteroatoms. The van der Waals surface area contributed by atoms with Crippen molar-refractivity contribution in [1.82, 2.24) is 13.5 Å². The van der Waals surface area contributed by atoms with Gasteiger partial charge in [0.15, 0.2) is 0 Å². The van der Waals surface area contributed by atoms with Gasteiger partial charge in [-0.3, -0.25) is 0 Å². The lowest BCUT2D eigenvalue weighted by molar-refractivity contribution is 0.504. The van der Waals surface area contributed by atoms with E-state index in [0.717, 1.165) is 14.0 Å². The third kappa shape index (κ3) is 2.09. The maximum atomic E-state index is 12.0. The SMILES string of the molecule is CN(C)S(=O)(=O)n1nccc1-c1ccccc1. The summed E-state index contributed by atoms with van der Waals surface area (Å²) >= 11 is 0. The maximum Gasteiger partial charge on any atom is 0.322 e. The molecule has 2 rings (SSSR count). The van der Waals surface area contributed by atoms with Crippen molar-refractivity contribution >= 4 is 10.2 Å². The van der Waals surface area contributed by atoms with Crippen molar-refractivity contribution in [2.45, 2.75) is 0 Å². The minimum Gasteiger partial charge on any atom is -0.189 e. The van der Waals surface area contributed by atoms with Crippen LogP contribution in [0.2, 0.25) is 0 Å². The van der Waals surface area contributed by atoms with E-state index < -0.39 is 10.2 Å². The minimum atomic E-state index is -3.57. The molecule has 90 valence electrons. The highest BCUT2D eigenvalue weighted by atomic mass is 32.2. The van der Waals surface area contributed by atoms with E-state index in [0.29, 0.717) is 5.69 Å². The van der Waals surface area contributed by atoms with Crippen LogP contribution in [0, 0.1) is 0 Å². The van der Waals surface area contributed by atoms with Crippen LogP contribution in [0.4, 0.5) is 0 Å². The molecular weight excluding hydrogens is 238 g/mol. The molecule has 0 aliphatic rings. The zero-order valence-electron chi connectivity index (χ0n) is 9.61. The van der Waals surface area contributed by atoms with Crippen LogP contribution in [0.5, 0.6) is 0 Å². The van der Waals surface area contributed by atoms with Crippen molar-refractivity contribution < 1.29 is 8.42 Å². The second-order valence-corrected chi connectivity index (χ2v) is 5.69. The first-order valence-corrected chi connectivity index (χ1v) is 6.45. The van der Waals surface area contributed by atoms with Gasteiger partial charge in [-0.05, 0) is 6.07 Å². The summed E-state index contributed by atoms with van der Waals surface area (Å²) < 4.78 is 26.2. The Morgan fingerprint density at radius 2 is 1.76 bits per heavy atom. The summed E-state index contributed by atoms with van der Waals surface area (Å²) in [5.74, 6) is 0. The van der Waals surface area contributed by atoms with Gasteiger partial charge < -0.3 is 0 Å². The van der Waals surface area contributed by atoms with E-state index in [1.807, 2.05) is 30.3 Å². The van der Waals surface area contributed by atoms with Gasteiger partial charge in [-0.1, -0.05) is 30.3 Å². The topological polar surface area (TPSA) is 55.2 Å². The summed E-state index contributed by atoms with van der Waals surface area (Å²) in [7, 11) is -0.618. The highest BCUT2D eigenvalue weighted by Gasteiger charge is 2.20. The first kappa shape index (κ1) is 11.8. The lowest BCUT2D eigenvalue weighted by Gasteiger charge is -2.13. The Morgan fingerprint density at radius 1 is 1.12 bits per heavy atom. The molecule has 0 N–H and O–H groups in total. The number of rotatable bonds is 3. The fraction of sp³-hybridized carbons (Fsp3) is 0.182. The molecule has 1 aromatic heterocycles. The summed E-state index contributed by atoms with van der Waals surface area (Å²) in [5.41, 5.74) is 1.37. The number of benzene rings is 1. The Balaban J connectivity index is 2.58. The summed E-state index contributed by atoms with van der Waals surface area (Å²) in [6.07, 6.45) is 1.48. The van der Waals surface area contributed by atoms with Crippen molar-refractivity contribution in [3.05, 3.63) is 42.6 Å². The summed E-state index contributed by atoms with van der Waals surface area (Å²) in [4.78, 5) is 0. The van der Waals surface area contributed by atoms with E-state index in [9.17, 15) is 8.42 Å². The first-order chi connectivity index (χ1) is 8.03. The summed E-state index contributed by atoms with van der Waals surface area (Å²) in [6.45, 7) is 0. The van der Waals surface area contributed by atoms with E-state index in [-0.39, 0.29) is 0 Å². The molecule has 1 aromatic carbocycles. The van der Waals surface area contributed by atoms with Gasteiger partial charge in [-0.15, -0.1) is 4.09 Å². The molecule has 2 aromatic rings. The van der Waals surface area contributed by atoms with Gasteiger partial charge in [-0.2, -0.15) is 17.8 Å². The zero-order chi connectivity index (χ0) is 12.5. The third-order valence-electron chi connectivity index (χ3n) is 2.36. The molecule has 0 saturated carbocycles. The summed E-state index contributed by atoms with van der Waals surface area (Å²) in [6, 6.07) is 11.0. The molecule has 0 fully saturated rings. The van der Waals surface area contributed by atoms with E-state index in [1.165, 1.54) is 20.3 Å². The van der Waals surface area contributed by atoms with E-state index in [4.69, 9.17) is 0 Å². The van der Waals surface area contributed by atoms with Crippen LogP contribution in [0.3, 0.4) is 0 Å². The number of hydrogen-bond donors (Lipinski definition) is 0. The Labute approximate surface area is 100 Å². The van der Waals surface area contributed by atoms with Gasteiger partial charge in [0.1, 0.15) is 0 Å². The van der Waals surface area contributed by atoms with Gasteiger partial charge in [0.05, 0.1) is 11.9 Å². The zero-order valence-corrected chi connectivity index (χ0v) is 10.4. The van der Waals surface area contributed by atoms with E-state index in [1.54, 1.807) is 6.07 Å². The lowest BCUT2D eigenvalue weighted by atomic mass is 10.2. The van der Waals surface area contributed by atoms with Crippen LogP contribution in [-0.4, -0.2) is 36.0 Å². The fourth-order valence-corrected chi connectivity index (χ4v) is 2.34. The molecule has 0 atom stereocenters. The number of nitrogens with zero attached hydrogens (tertiary/aromatic N) is 3. The first-order valence-electron chi connectivity index (χ1n) is 5.06. The Bertz CT molecular complexity index is 603. The third-order valence-corrected chi connectivity index (χ3v) is 4.01. The van der Waals surface area contributed by atoms with Crippen molar-refractivity contribution in [3.8, 4) is 11.3 Å². The fourth-order valence-electron chi connectivity index (χ4n) is 1.44. The second-order valence-electron chi connectivity index (χ2n) is 3.72. The van der Waals surface area contributed by atoms with Crippen molar-refractivity contribution in [2.75, 3.05) is 14.1 Å². The molecule has 0 aliphatic heterocycles. The lowest BCUT2D eigenvalue weighted by Crippen LogP contribution is -2.30. The average Bonchev–Trinajstić information content (AvgIpc) is 2.79. The quantitative estimate of drug-likeness (QED) is 0.823. The van der Waals surface area contributed by atoms with Gasteiger partial charge in [0, 0.05) is 19.7 Å². The van der Waals surface area contributed by atoms with Crippen molar-refractivity contribution in [1.29, 1.82) is 0 Å². The predicted molar refractivity (Wildman–Crippen MR) is 65.7 cm³/mol. The van der Waals surface area contributed by atoms with Gasteiger partial charge in [-0.25, -0.2) is 0 Å². The molecule has 0 unspecified atom stereocenters. The van der Waals surface area contributed by atoms with Crippen LogP contribution >= 0.6 is 0 Å². The Hall–Kier alpha value is -1.66. The van der Waals surface area contributed by atoms with Gasteiger partial charge in [0.25, 0.3) is 0 Å². The highest BCUT2D eigenvalue weighted by Crippen LogP contribution is 2.20. The van der Waals surface area contributed by atoms with Crippen molar-refractivity contribution in [3.63, 3.8) is 0 Å². The van der Waals surface area contributed by atoms with Crippen LogP contribution in [0.1, 0.15) is 0 Å². The molecule has 0 bridgehead atoms. The normalized spacial score (nSPS) is 11.9. The van der Waals surface area contributed by atoms with Gasteiger partial charge in [0.2, 0.25) is 0 Å². The monoisotopic (exact) mass is 251 g/mol. The van der Waals surface area contributed by atoms with Crippen LogP contribution < -0.4 is 0 Å². The molecule has 5 nitrogen and oxygen atoms in total. The summed E-state index contributed by atoms with van der Waals surface area (Å²) in [5, 5.41) is 3.87. The standard InChI is InChI=1S/C11H13N3O2S/c1-13(2)17(15,16)14-11(8-9-12-14)10-6-4-3-5-7-10/h3-9H,1-2H3. The molecule has 0 radical (unpaired) electrons. The van der Waals surface area contributed by atoms with Crippen LogP contribution in [0.15, 0.2) is 42.6 Å². The Morgan fingerprint density at radius 3 is 2.35 bits per heavy atom. The average molecular weight is 251 g/mol.